The molecule has 0 aliphatic heterocycles. The summed E-state index contributed by atoms with van der Waals surface area (Å²) < 4.78 is 18.3. The van der Waals surface area contributed by atoms with Gasteiger partial charge in [0.1, 0.15) is 0 Å². The summed E-state index contributed by atoms with van der Waals surface area (Å²) in [4.78, 5) is 3.93. The van der Waals surface area contributed by atoms with E-state index in [2.05, 4.69) is 15.8 Å². The van der Waals surface area contributed by atoms with E-state index in [4.69, 9.17) is 4.74 Å². The minimum absolute atomic E-state index is 0.270. The highest BCUT2D eigenvalue weighted by molar-refractivity contribution is 5.39. The van der Waals surface area contributed by atoms with Gasteiger partial charge in [0.2, 0.25) is 0 Å². The Labute approximate surface area is 111 Å². The molecular weight excluding hydrogens is 245 g/mol. The van der Waals surface area contributed by atoms with Crippen molar-refractivity contribution >= 4 is 5.69 Å². The molecule has 4 nitrogen and oxygen atoms in total. The molecule has 1 aromatic heterocycles. The molecule has 100 valence electrons. The number of nitrogens with zero attached hydrogens (tertiary/aromatic N) is 1. The number of benzene rings is 1. The maximum absolute atomic E-state index is 13.5. The summed E-state index contributed by atoms with van der Waals surface area (Å²) in [6.07, 6.45) is 4.14. The number of hydrazine groups is 1. The number of anilines is 1. The molecule has 0 saturated carbocycles. The number of aromatic nitrogens is 1. The topological polar surface area (TPSA) is 46.2 Å². The molecule has 0 spiro atoms. The Hall–Kier alpha value is -2.14. The molecule has 0 saturated heterocycles. The van der Waals surface area contributed by atoms with Gasteiger partial charge in [-0.25, -0.2) is 9.82 Å². The van der Waals surface area contributed by atoms with Crippen molar-refractivity contribution in [3.63, 3.8) is 0 Å². The van der Waals surface area contributed by atoms with Crippen molar-refractivity contribution in [2.24, 2.45) is 0 Å². The SMILES string of the molecule is COc1ccc(CCNNc2ccncc2)cc1F. The molecule has 0 fully saturated rings. The maximum Gasteiger partial charge on any atom is 0.165 e. The number of hydrogen-bond acceptors (Lipinski definition) is 4. The lowest BCUT2D eigenvalue weighted by atomic mass is 10.1. The van der Waals surface area contributed by atoms with Crippen LogP contribution in [0.1, 0.15) is 5.56 Å². The van der Waals surface area contributed by atoms with E-state index >= 15 is 0 Å². The predicted molar refractivity (Wildman–Crippen MR) is 72.5 cm³/mol. The van der Waals surface area contributed by atoms with Crippen molar-refractivity contribution in [3.8, 4) is 5.75 Å². The van der Waals surface area contributed by atoms with E-state index in [0.29, 0.717) is 6.54 Å². The van der Waals surface area contributed by atoms with Gasteiger partial charge in [-0.05, 0) is 36.2 Å². The Morgan fingerprint density at radius 2 is 2.00 bits per heavy atom. The Kier molecular flexibility index (Phi) is 4.69. The van der Waals surface area contributed by atoms with E-state index < -0.39 is 0 Å². The average molecular weight is 261 g/mol. The number of methoxy groups -OCH3 is 1. The van der Waals surface area contributed by atoms with Crippen molar-refractivity contribution in [3.05, 3.63) is 54.1 Å². The van der Waals surface area contributed by atoms with E-state index in [1.54, 1.807) is 18.5 Å². The third kappa shape index (κ3) is 3.93. The summed E-state index contributed by atoms with van der Waals surface area (Å²) in [5, 5.41) is 0. The number of rotatable bonds is 6. The molecule has 5 heteroatoms. The van der Waals surface area contributed by atoms with Crippen molar-refractivity contribution in [1.82, 2.24) is 10.4 Å². The Bertz CT molecular complexity index is 519. The van der Waals surface area contributed by atoms with Gasteiger partial charge in [0.05, 0.1) is 12.8 Å². The fourth-order valence-electron chi connectivity index (χ4n) is 1.67. The maximum atomic E-state index is 13.5. The van der Waals surface area contributed by atoms with Crippen LogP contribution in [0, 0.1) is 5.82 Å². The van der Waals surface area contributed by atoms with E-state index in [-0.39, 0.29) is 11.6 Å². The van der Waals surface area contributed by atoms with Crippen LogP contribution in [-0.2, 0) is 6.42 Å². The molecule has 1 aromatic carbocycles. The molecule has 19 heavy (non-hydrogen) atoms. The number of pyridine rings is 1. The highest BCUT2D eigenvalue weighted by atomic mass is 19.1. The fraction of sp³-hybridized carbons (Fsp3) is 0.214. The second-order valence-electron chi connectivity index (χ2n) is 4.01. The highest BCUT2D eigenvalue weighted by Crippen LogP contribution is 2.17. The van der Waals surface area contributed by atoms with Gasteiger partial charge in [-0.2, -0.15) is 0 Å². The van der Waals surface area contributed by atoms with E-state index in [1.807, 2.05) is 18.2 Å². The third-order valence-electron chi connectivity index (χ3n) is 2.67. The Morgan fingerprint density at radius 1 is 1.21 bits per heavy atom. The van der Waals surface area contributed by atoms with Gasteiger partial charge in [-0.3, -0.25) is 4.98 Å². The Balaban J connectivity index is 1.78. The number of ether oxygens (including phenoxy) is 1. The first kappa shape index (κ1) is 13.3. The molecule has 2 aromatic rings. The first-order valence-corrected chi connectivity index (χ1v) is 6.01. The largest absolute Gasteiger partial charge is 0.494 e. The molecule has 1 heterocycles. The van der Waals surface area contributed by atoms with Crippen molar-refractivity contribution in [2.75, 3.05) is 19.1 Å². The smallest absolute Gasteiger partial charge is 0.165 e. The molecular formula is C14H16FN3O. The van der Waals surface area contributed by atoms with Crippen LogP contribution in [0.5, 0.6) is 5.75 Å². The minimum Gasteiger partial charge on any atom is -0.494 e. The van der Waals surface area contributed by atoms with Gasteiger partial charge in [-0.1, -0.05) is 6.07 Å². The van der Waals surface area contributed by atoms with Crippen LogP contribution in [0.3, 0.4) is 0 Å². The first-order chi connectivity index (χ1) is 9.29. The van der Waals surface area contributed by atoms with E-state index in [9.17, 15) is 4.39 Å². The molecule has 0 unspecified atom stereocenters. The molecule has 0 atom stereocenters. The normalized spacial score (nSPS) is 10.2. The predicted octanol–water partition coefficient (Wildman–Crippen LogP) is 2.39. The van der Waals surface area contributed by atoms with E-state index in [0.717, 1.165) is 17.7 Å². The van der Waals surface area contributed by atoms with Crippen LogP contribution < -0.4 is 15.6 Å². The fourth-order valence-corrected chi connectivity index (χ4v) is 1.67. The average Bonchev–Trinajstić information content (AvgIpc) is 2.45. The molecule has 0 amide bonds. The second kappa shape index (κ2) is 6.70. The van der Waals surface area contributed by atoms with Gasteiger partial charge in [0, 0.05) is 18.9 Å². The van der Waals surface area contributed by atoms with Crippen LogP contribution >= 0.6 is 0 Å². The summed E-state index contributed by atoms with van der Waals surface area (Å²) in [6.45, 7) is 0.689. The van der Waals surface area contributed by atoms with Crippen LogP contribution in [0.25, 0.3) is 0 Å². The summed E-state index contributed by atoms with van der Waals surface area (Å²) in [7, 11) is 1.46. The van der Waals surface area contributed by atoms with E-state index in [1.165, 1.54) is 13.2 Å². The lowest BCUT2D eigenvalue weighted by molar-refractivity contribution is 0.386. The quantitative estimate of drug-likeness (QED) is 0.619. The zero-order valence-corrected chi connectivity index (χ0v) is 10.7. The summed E-state index contributed by atoms with van der Waals surface area (Å²) >= 11 is 0. The van der Waals surface area contributed by atoms with Gasteiger partial charge in [0.15, 0.2) is 11.6 Å². The van der Waals surface area contributed by atoms with Gasteiger partial charge >= 0.3 is 0 Å². The summed E-state index contributed by atoms with van der Waals surface area (Å²) in [5.74, 6) is -0.0614. The monoisotopic (exact) mass is 261 g/mol. The van der Waals surface area contributed by atoms with Crippen LogP contribution in [0.4, 0.5) is 10.1 Å². The van der Waals surface area contributed by atoms with Gasteiger partial charge in [0.25, 0.3) is 0 Å². The van der Waals surface area contributed by atoms with Crippen LogP contribution in [-0.4, -0.2) is 18.6 Å². The van der Waals surface area contributed by atoms with Crippen molar-refractivity contribution < 1.29 is 9.13 Å². The van der Waals surface area contributed by atoms with Crippen molar-refractivity contribution in [1.29, 1.82) is 0 Å². The molecule has 0 aliphatic carbocycles. The summed E-state index contributed by atoms with van der Waals surface area (Å²) in [6, 6.07) is 8.71. The Morgan fingerprint density at radius 3 is 2.68 bits per heavy atom. The lowest BCUT2D eigenvalue weighted by Gasteiger charge is -2.08. The zero-order valence-electron chi connectivity index (χ0n) is 10.7. The highest BCUT2D eigenvalue weighted by Gasteiger charge is 2.02. The molecule has 0 radical (unpaired) electrons. The molecule has 0 bridgehead atoms. The first-order valence-electron chi connectivity index (χ1n) is 6.01. The zero-order chi connectivity index (χ0) is 13.5. The van der Waals surface area contributed by atoms with Gasteiger partial charge in [-0.15, -0.1) is 0 Å². The van der Waals surface area contributed by atoms with Gasteiger partial charge < -0.3 is 10.2 Å². The third-order valence-corrected chi connectivity index (χ3v) is 2.67. The van der Waals surface area contributed by atoms with Crippen LogP contribution in [0.15, 0.2) is 42.7 Å². The lowest BCUT2D eigenvalue weighted by Crippen LogP contribution is -2.24. The number of nitrogens with one attached hydrogen (secondary N) is 2. The number of halogens is 1. The molecule has 2 rings (SSSR count). The van der Waals surface area contributed by atoms with Crippen LogP contribution in [0.2, 0.25) is 0 Å². The molecule has 0 aliphatic rings. The molecule has 2 N–H and O–H groups in total. The van der Waals surface area contributed by atoms with Crippen molar-refractivity contribution in [2.45, 2.75) is 6.42 Å². The summed E-state index contributed by atoms with van der Waals surface area (Å²) in [5.41, 5.74) is 7.97. The standard InChI is InChI=1S/C14H16FN3O/c1-19-14-3-2-11(10-13(14)15)4-9-17-18-12-5-7-16-8-6-12/h2-3,5-8,10,17H,4,9H2,1H3,(H,16,18). The minimum atomic E-state index is -0.331. The number of hydrogen-bond donors (Lipinski definition) is 2. The second-order valence-corrected chi connectivity index (χ2v) is 4.01.